The van der Waals surface area contributed by atoms with Crippen LogP contribution in [0.15, 0.2) is 23.3 Å². The van der Waals surface area contributed by atoms with E-state index >= 15 is 0 Å². The van der Waals surface area contributed by atoms with E-state index in [1.165, 1.54) is 13.3 Å². The number of carbonyl (C=O) groups is 1. The SMILES string of the molecule is CCNC(=NCc1cccnc1OCC(F)(F)F)N1CCC(C(=O)OC)CC1.I. The van der Waals surface area contributed by atoms with Crippen molar-refractivity contribution in [2.45, 2.75) is 32.5 Å². The van der Waals surface area contributed by atoms with Crippen molar-refractivity contribution >= 4 is 35.9 Å². The Kier molecular flexibility index (Phi) is 10.5. The third-order valence-electron chi connectivity index (χ3n) is 4.29. The summed E-state index contributed by atoms with van der Waals surface area (Å²) >= 11 is 0. The van der Waals surface area contributed by atoms with Gasteiger partial charge in [0.2, 0.25) is 5.88 Å². The molecular weight excluding hydrogens is 504 g/mol. The zero-order valence-corrected chi connectivity index (χ0v) is 18.7. The molecule has 1 aliphatic rings. The number of likely N-dealkylation sites (tertiary alicyclic amines) is 1. The van der Waals surface area contributed by atoms with Gasteiger partial charge in [-0.05, 0) is 25.8 Å². The average Bonchev–Trinajstić information content (AvgIpc) is 2.69. The van der Waals surface area contributed by atoms with Crippen molar-refractivity contribution in [3.05, 3.63) is 23.9 Å². The van der Waals surface area contributed by atoms with Gasteiger partial charge >= 0.3 is 12.1 Å². The molecule has 1 saturated heterocycles. The fraction of sp³-hybridized carbons (Fsp3) is 0.611. The largest absolute Gasteiger partial charge is 0.469 e. The van der Waals surface area contributed by atoms with Crippen LogP contribution in [0.3, 0.4) is 0 Å². The number of hydrogen-bond donors (Lipinski definition) is 1. The summed E-state index contributed by atoms with van der Waals surface area (Å²) in [6, 6.07) is 3.26. The molecule has 0 radical (unpaired) electrons. The number of carbonyl (C=O) groups excluding carboxylic acids is 1. The Labute approximate surface area is 185 Å². The van der Waals surface area contributed by atoms with Gasteiger partial charge in [0.1, 0.15) is 0 Å². The summed E-state index contributed by atoms with van der Waals surface area (Å²) in [7, 11) is 1.38. The Bertz CT molecular complexity index is 681. The lowest BCUT2D eigenvalue weighted by Gasteiger charge is -2.33. The second kappa shape index (κ2) is 12.0. The van der Waals surface area contributed by atoms with Gasteiger partial charge < -0.3 is 19.7 Å². The highest BCUT2D eigenvalue weighted by Gasteiger charge is 2.29. The van der Waals surface area contributed by atoms with Crippen LogP contribution < -0.4 is 10.1 Å². The van der Waals surface area contributed by atoms with E-state index in [9.17, 15) is 18.0 Å². The predicted octanol–water partition coefficient (Wildman–Crippen LogP) is 2.99. The first-order valence-electron chi connectivity index (χ1n) is 9.08. The topological polar surface area (TPSA) is 76.1 Å². The molecule has 1 aromatic rings. The van der Waals surface area contributed by atoms with E-state index < -0.39 is 12.8 Å². The number of rotatable bonds is 6. The molecule has 0 bridgehead atoms. The van der Waals surface area contributed by atoms with Crippen LogP contribution in [0.2, 0.25) is 0 Å². The molecule has 7 nitrogen and oxygen atoms in total. The lowest BCUT2D eigenvalue weighted by Crippen LogP contribution is -2.46. The Balaban J connectivity index is 0.00000420. The van der Waals surface area contributed by atoms with Crippen molar-refractivity contribution < 1.29 is 27.4 Å². The van der Waals surface area contributed by atoms with Gasteiger partial charge in [0.05, 0.1) is 19.6 Å². The average molecular weight is 530 g/mol. The zero-order valence-electron chi connectivity index (χ0n) is 16.4. The number of nitrogens with one attached hydrogen (secondary N) is 1. The number of aromatic nitrogens is 1. The summed E-state index contributed by atoms with van der Waals surface area (Å²) in [5.41, 5.74) is 0.464. The predicted molar refractivity (Wildman–Crippen MR) is 112 cm³/mol. The van der Waals surface area contributed by atoms with E-state index in [0.717, 1.165) is 0 Å². The number of pyridine rings is 1. The second-order valence-electron chi connectivity index (χ2n) is 6.33. The summed E-state index contributed by atoms with van der Waals surface area (Å²) in [5.74, 6) is 0.230. The fourth-order valence-electron chi connectivity index (χ4n) is 2.90. The van der Waals surface area contributed by atoms with Crippen molar-refractivity contribution in [2.24, 2.45) is 10.9 Å². The van der Waals surface area contributed by atoms with Crippen molar-refractivity contribution in [2.75, 3.05) is 33.4 Å². The lowest BCUT2D eigenvalue weighted by molar-refractivity contribution is -0.154. The number of esters is 1. The van der Waals surface area contributed by atoms with Gasteiger partial charge in [-0.2, -0.15) is 13.2 Å². The molecule has 0 amide bonds. The summed E-state index contributed by atoms with van der Waals surface area (Å²) < 4.78 is 46.8. The normalized spacial score (nSPS) is 15.5. The molecule has 1 aromatic heterocycles. The van der Waals surface area contributed by atoms with E-state index in [2.05, 4.69) is 15.3 Å². The number of guanidine groups is 1. The molecule has 0 spiro atoms. The second-order valence-corrected chi connectivity index (χ2v) is 6.33. The van der Waals surface area contributed by atoms with E-state index in [0.29, 0.717) is 44.0 Å². The Morgan fingerprint density at radius 2 is 2.07 bits per heavy atom. The molecule has 0 saturated carbocycles. The maximum absolute atomic E-state index is 12.4. The monoisotopic (exact) mass is 530 g/mol. The van der Waals surface area contributed by atoms with Gasteiger partial charge in [0.15, 0.2) is 12.6 Å². The number of halogens is 4. The molecule has 2 rings (SSSR count). The van der Waals surface area contributed by atoms with Crippen molar-refractivity contribution in [1.82, 2.24) is 15.2 Å². The number of hydrogen-bond acceptors (Lipinski definition) is 5. The van der Waals surface area contributed by atoms with Crippen LogP contribution in [0.5, 0.6) is 5.88 Å². The third kappa shape index (κ3) is 8.23. The summed E-state index contributed by atoms with van der Waals surface area (Å²) in [6.07, 6.45) is -1.74. The minimum absolute atomic E-state index is 0. The van der Waals surface area contributed by atoms with Crippen LogP contribution in [0, 0.1) is 5.92 Å². The van der Waals surface area contributed by atoms with Gasteiger partial charge in [-0.1, -0.05) is 6.07 Å². The van der Waals surface area contributed by atoms with Gasteiger partial charge in [0.25, 0.3) is 0 Å². The number of ether oxygens (including phenoxy) is 2. The molecule has 1 aliphatic heterocycles. The first kappa shape index (κ1) is 25.2. The first-order valence-corrected chi connectivity index (χ1v) is 9.08. The van der Waals surface area contributed by atoms with Crippen molar-refractivity contribution in [1.29, 1.82) is 0 Å². The maximum Gasteiger partial charge on any atom is 0.422 e. The maximum atomic E-state index is 12.4. The van der Waals surface area contributed by atoms with Crippen molar-refractivity contribution in [3.63, 3.8) is 0 Å². The quantitative estimate of drug-likeness (QED) is 0.264. The summed E-state index contributed by atoms with van der Waals surface area (Å²) in [6.45, 7) is 2.56. The Morgan fingerprint density at radius 1 is 1.38 bits per heavy atom. The molecule has 0 aliphatic carbocycles. The van der Waals surface area contributed by atoms with Crippen LogP contribution >= 0.6 is 24.0 Å². The van der Waals surface area contributed by atoms with E-state index in [4.69, 9.17) is 9.47 Å². The molecule has 11 heteroatoms. The third-order valence-corrected chi connectivity index (χ3v) is 4.29. The molecule has 29 heavy (non-hydrogen) atoms. The number of piperidine rings is 1. The number of nitrogens with zero attached hydrogens (tertiary/aromatic N) is 3. The van der Waals surface area contributed by atoms with E-state index in [-0.39, 0.29) is 48.3 Å². The molecule has 1 fully saturated rings. The highest BCUT2D eigenvalue weighted by Crippen LogP contribution is 2.21. The van der Waals surface area contributed by atoms with Gasteiger partial charge in [0, 0.05) is 31.4 Å². The number of methoxy groups -OCH3 is 1. The molecule has 0 unspecified atom stereocenters. The van der Waals surface area contributed by atoms with E-state index in [1.807, 2.05) is 11.8 Å². The Morgan fingerprint density at radius 3 is 2.66 bits per heavy atom. The standard InChI is InChI=1S/C18H25F3N4O3.HI/c1-3-22-17(25-9-6-13(7-10-25)16(26)27-2)24-11-14-5-4-8-23-15(14)28-12-18(19,20)21;/h4-5,8,13H,3,6-7,9-12H2,1-2H3,(H,22,24);1H. The molecule has 164 valence electrons. The summed E-state index contributed by atoms with van der Waals surface area (Å²) in [5, 5.41) is 3.17. The number of alkyl halides is 3. The van der Waals surface area contributed by atoms with Gasteiger partial charge in [-0.3, -0.25) is 4.79 Å². The molecule has 2 heterocycles. The minimum atomic E-state index is -4.43. The van der Waals surface area contributed by atoms with Crippen LogP contribution in [-0.4, -0.2) is 61.3 Å². The minimum Gasteiger partial charge on any atom is -0.469 e. The highest BCUT2D eigenvalue weighted by molar-refractivity contribution is 14.0. The summed E-state index contributed by atoms with van der Waals surface area (Å²) in [4.78, 5) is 22.1. The van der Waals surface area contributed by atoms with Crippen LogP contribution in [-0.2, 0) is 16.1 Å². The lowest BCUT2D eigenvalue weighted by atomic mass is 9.97. The van der Waals surface area contributed by atoms with E-state index in [1.54, 1.807) is 12.1 Å². The number of aliphatic imine (C=N–C) groups is 1. The van der Waals surface area contributed by atoms with Crippen LogP contribution in [0.1, 0.15) is 25.3 Å². The fourth-order valence-corrected chi connectivity index (χ4v) is 2.90. The van der Waals surface area contributed by atoms with Gasteiger partial charge in [-0.15, -0.1) is 24.0 Å². The highest BCUT2D eigenvalue weighted by atomic mass is 127. The molecular formula is C18H26F3IN4O3. The first-order chi connectivity index (χ1) is 13.3. The molecule has 1 N–H and O–H groups in total. The molecule has 0 aromatic carbocycles. The Hall–Kier alpha value is -1.79. The molecule has 0 atom stereocenters. The zero-order chi connectivity index (χ0) is 20.6. The van der Waals surface area contributed by atoms with Gasteiger partial charge in [-0.25, -0.2) is 9.98 Å². The van der Waals surface area contributed by atoms with Crippen LogP contribution in [0.25, 0.3) is 0 Å². The van der Waals surface area contributed by atoms with Crippen LogP contribution in [0.4, 0.5) is 13.2 Å². The van der Waals surface area contributed by atoms with Crippen molar-refractivity contribution in [3.8, 4) is 5.88 Å². The smallest absolute Gasteiger partial charge is 0.422 e.